The number of hydrogen-bond acceptors (Lipinski definition) is 3. The number of nitrogens with zero attached hydrogens (tertiary/aromatic N) is 2. The van der Waals surface area contributed by atoms with Crippen LogP contribution < -0.4 is 5.32 Å². The van der Waals surface area contributed by atoms with Gasteiger partial charge in [-0.25, -0.2) is 0 Å². The number of anilines is 1. The maximum atomic E-state index is 8.92. The van der Waals surface area contributed by atoms with E-state index in [0.717, 1.165) is 22.9 Å². The lowest BCUT2D eigenvalue weighted by Gasteiger charge is -2.17. The second-order valence-electron chi connectivity index (χ2n) is 5.50. The zero-order chi connectivity index (χ0) is 12.5. The molecule has 0 amide bonds. The fraction of sp³-hybridized carbons (Fsp3) is 0.533. The summed E-state index contributed by atoms with van der Waals surface area (Å²) in [4.78, 5) is 2.61. The van der Waals surface area contributed by atoms with Gasteiger partial charge in [0.25, 0.3) is 0 Å². The molecule has 1 unspecified atom stereocenters. The fourth-order valence-electron chi connectivity index (χ4n) is 2.79. The Labute approximate surface area is 108 Å². The average molecular weight is 241 g/mol. The number of benzene rings is 1. The van der Waals surface area contributed by atoms with Crippen molar-refractivity contribution in [1.29, 1.82) is 5.26 Å². The van der Waals surface area contributed by atoms with Crippen molar-refractivity contribution in [2.75, 3.05) is 18.4 Å². The van der Waals surface area contributed by atoms with Crippen LogP contribution in [-0.2, 0) is 0 Å². The predicted octanol–water partition coefficient (Wildman–Crippen LogP) is 2.52. The van der Waals surface area contributed by atoms with Gasteiger partial charge in [-0.2, -0.15) is 5.26 Å². The Hall–Kier alpha value is -1.53. The van der Waals surface area contributed by atoms with Gasteiger partial charge in [-0.15, -0.1) is 0 Å². The van der Waals surface area contributed by atoms with Crippen molar-refractivity contribution >= 4 is 5.69 Å². The molecule has 1 atom stereocenters. The van der Waals surface area contributed by atoms with Gasteiger partial charge < -0.3 is 5.32 Å². The number of aryl methyl sites for hydroxylation is 1. The Morgan fingerprint density at radius 2 is 2.17 bits per heavy atom. The smallest absolute Gasteiger partial charge is 0.0994 e. The molecule has 1 aliphatic carbocycles. The Bertz CT molecular complexity index is 485. The lowest BCUT2D eigenvalue weighted by atomic mass is 10.1. The molecule has 1 saturated carbocycles. The van der Waals surface area contributed by atoms with Gasteiger partial charge in [-0.3, -0.25) is 4.90 Å². The molecule has 1 aromatic carbocycles. The summed E-state index contributed by atoms with van der Waals surface area (Å²) in [6.07, 6.45) is 4.01. The third-order valence-electron chi connectivity index (χ3n) is 4.00. The summed E-state index contributed by atoms with van der Waals surface area (Å²) in [5, 5.41) is 12.5. The molecule has 1 aliphatic heterocycles. The predicted molar refractivity (Wildman–Crippen MR) is 72.5 cm³/mol. The topological polar surface area (TPSA) is 39.1 Å². The summed E-state index contributed by atoms with van der Waals surface area (Å²) in [6, 6.07) is 9.66. The molecule has 1 heterocycles. The van der Waals surface area contributed by atoms with Crippen LogP contribution in [0.5, 0.6) is 0 Å². The van der Waals surface area contributed by atoms with Crippen molar-refractivity contribution in [1.82, 2.24) is 4.90 Å². The highest BCUT2D eigenvalue weighted by molar-refractivity contribution is 5.52. The van der Waals surface area contributed by atoms with E-state index in [-0.39, 0.29) is 0 Å². The molecule has 2 fully saturated rings. The van der Waals surface area contributed by atoms with Crippen molar-refractivity contribution in [3.63, 3.8) is 0 Å². The van der Waals surface area contributed by atoms with Crippen LogP contribution in [0.3, 0.4) is 0 Å². The van der Waals surface area contributed by atoms with E-state index in [4.69, 9.17) is 5.26 Å². The molecule has 1 N–H and O–H groups in total. The molecule has 0 aromatic heterocycles. The lowest BCUT2D eigenvalue weighted by Crippen LogP contribution is -2.27. The van der Waals surface area contributed by atoms with Crippen LogP contribution in [0, 0.1) is 18.3 Å². The summed E-state index contributed by atoms with van der Waals surface area (Å²) < 4.78 is 0. The van der Waals surface area contributed by atoms with E-state index in [0.29, 0.717) is 6.04 Å². The molecule has 3 heteroatoms. The summed E-state index contributed by atoms with van der Waals surface area (Å²) in [7, 11) is 0. The van der Waals surface area contributed by atoms with Crippen LogP contribution in [0.15, 0.2) is 18.2 Å². The highest BCUT2D eigenvalue weighted by atomic mass is 15.2. The maximum absolute atomic E-state index is 8.92. The van der Waals surface area contributed by atoms with E-state index in [1.807, 2.05) is 19.1 Å². The third kappa shape index (κ3) is 2.34. The second kappa shape index (κ2) is 4.62. The van der Waals surface area contributed by atoms with E-state index < -0.39 is 0 Å². The number of nitrogens with one attached hydrogen (secondary N) is 1. The normalized spacial score (nSPS) is 23.9. The first kappa shape index (κ1) is 11.6. The molecule has 1 aromatic rings. The summed E-state index contributed by atoms with van der Waals surface area (Å²) in [6.45, 7) is 4.40. The molecular formula is C15H19N3. The van der Waals surface area contributed by atoms with Gasteiger partial charge in [0.15, 0.2) is 0 Å². The van der Waals surface area contributed by atoms with Crippen molar-refractivity contribution in [2.24, 2.45) is 0 Å². The van der Waals surface area contributed by atoms with Crippen LogP contribution in [0.4, 0.5) is 5.69 Å². The lowest BCUT2D eigenvalue weighted by molar-refractivity contribution is 0.326. The average Bonchev–Trinajstić information content (AvgIpc) is 3.11. The van der Waals surface area contributed by atoms with Gasteiger partial charge in [-0.1, -0.05) is 0 Å². The van der Waals surface area contributed by atoms with E-state index >= 15 is 0 Å². The van der Waals surface area contributed by atoms with Gasteiger partial charge in [0.2, 0.25) is 0 Å². The Morgan fingerprint density at radius 1 is 1.33 bits per heavy atom. The van der Waals surface area contributed by atoms with Crippen molar-refractivity contribution in [2.45, 2.75) is 38.3 Å². The second-order valence-corrected chi connectivity index (χ2v) is 5.50. The largest absolute Gasteiger partial charge is 0.381 e. The van der Waals surface area contributed by atoms with Crippen molar-refractivity contribution in [3.05, 3.63) is 29.3 Å². The van der Waals surface area contributed by atoms with Crippen LogP contribution in [0.25, 0.3) is 0 Å². The van der Waals surface area contributed by atoms with Gasteiger partial charge in [-0.05, 0) is 49.9 Å². The molecule has 18 heavy (non-hydrogen) atoms. The van der Waals surface area contributed by atoms with Gasteiger partial charge in [0.1, 0.15) is 0 Å². The molecule has 94 valence electrons. The quantitative estimate of drug-likeness (QED) is 0.883. The number of likely N-dealkylation sites (tertiary alicyclic amines) is 1. The molecule has 0 spiro atoms. The summed E-state index contributed by atoms with van der Waals surface area (Å²) in [5.41, 5.74) is 2.97. The molecule has 0 radical (unpaired) electrons. The Balaban J connectivity index is 1.63. The molecule has 3 rings (SSSR count). The first-order valence-corrected chi connectivity index (χ1v) is 6.77. The minimum atomic E-state index is 0.568. The third-order valence-corrected chi connectivity index (χ3v) is 4.00. The van der Waals surface area contributed by atoms with Gasteiger partial charge in [0.05, 0.1) is 11.6 Å². The standard InChI is InChI=1S/C15H19N3/c1-11-8-13(3-2-12(11)9-16)17-14-6-7-18(10-14)15-4-5-15/h2-3,8,14-15,17H,4-7,10H2,1H3. The van der Waals surface area contributed by atoms with Crippen LogP contribution in [0.2, 0.25) is 0 Å². The SMILES string of the molecule is Cc1cc(NC2CCN(C3CC3)C2)ccc1C#N. The van der Waals surface area contributed by atoms with E-state index in [1.54, 1.807) is 0 Å². The van der Waals surface area contributed by atoms with Crippen molar-refractivity contribution in [3.8, 4) is 6.07 Å². The molecule has 2 aliphatic rings. The van der Waals surface area contributed by atoms with Crippen LogP contribution >= 0.6 is 0 Å². The van der Waals surface area contributed by atoms with Crippen molar-refractivity contribution < 1.29 is 0 Å². The van der Waals surface area contributed by atoms with E-state index in [2.05, 4.69) is 22.4 Å². The zero-order valence-electron chi connectivity index (χ0n) is 10.8. The fourth-order valence-corrected chi connectivity index (χ4v) is 2.79. The molecule has 3 nitrogen and oxygen atoms in total. The Morgan fingerprint density at radius 3 is 2.83 bits per heavy atom. The number of rotatable bonds is 3. The van der Waals surface area contributed by atoms with Gasteiger partial charge in [0, 0.05) is 30.9 Å². The summed E-state index contributed by atoms with van der Waals surface area (Å²) >= 11 is 0. The molecule has 0 bridgehead atoms. The van der Waals surface area contributed by atoms with E-state index in [1.165, 1.54) is 32.4 Å². The zero-order valence-corrected chi connectivity index (χ0v) is 10.8. The van der Waals surface area contributed by atoms with E-state index in [9.17, 15) is 0 Å². The monoisotopic (exact) mass is 241 g/mol. The first-order valence-electron chi connectivity index (χ1n) is 6.77. The number of nitriles is 1. The summed E-state index contributed by atoms with van der Waals surface area (Å²) in [5.74, 6) is 0. The minimum Gasteiger partial charge on any atom is -0.381 e. The highest BCUT2D eigenvalue weighted by Crippen LogP contribution is 2.30. The van der Waals surface area contributed by atoms with Crippen LogP contribution in [0.1, 0.15) is 30.4 Å². The maximum Gasteiger partial charge on any atom is 0.0994 e. The molecule has 1 saturated heterocycles. The van der Waals surface area contributed by atoms with Gasteiger partial charge >= 0.3 is 0 Å². The minimum absolute atomic E-state index is 0.568. The Kier molecular flexibility index (Phi) is 2.97. The number of hydrogen-bond donors (Lipinski definition) is 1. The first-order chi connectivity index (χ1) is 8.76. The highest BCUT2D eigenvalue weighted by Gasteiger charge is 2.34. The molecular weight excluding hydrogens is 222 g/mol. The van der Waals surface area contributed by atoms with Crippen LogP contribution in [-0.4, -0.2) is 30.1 Å².